The van der Waals surface area contributed by atoms with Gasteiger partial charge in [0.05, 0.1) is 22.9 Å². The van der Waals surface area contributed by atoms with Gasteiger partial charge in [0.1, 0.15) is 5.69 Å². The summed E-state index contributed by atoms with van der Waals surface area (Å²) in [5.74, 6) is -0.126. The predicted octanol–water partition coefficient (Wildman–Crippen LogP) is 4.68. The van der Waals surface area contributed by atoms with Gasteiger partial charge in [0.15, 0.2) is 0 Å². The first-order valence-corrected chi connectivity index (χ1v) is 9.61. The van der Waals surface area contributed by atoms with Crippen molar-refractivity contribution < 1.29 is 4.79 Å². The number of benzene rings is 3. The van der Waals surface area contributed by atoms with Gasteiger partial charge in [-0.2, -0.15) is 10.4 Å². The van der Waals surface area contributed by atoms with Crippen LogP contribution in [0.25, 0.3) is 16.9 Å². The lowest BCUT2D eigenvalue weighted by Gasteiger charge is -2.17. The summed E-state index contributed by atoms with van der Waals surface area (Å²) in [5, 5.41) is 13.8. The zero-order chi connectivity index (χ0) is 20.9. The molecule has 1 heterocycles. The highest BCUT2D eigenvalue weighted by Crippen LogP contribution is 2.25. The van der Waals surface area contributed by atoms with E-state index in [-0.39, 0.29) is 5.91 Å². The Morgan fingerprint density at radius 2 is 1.70 bits per heavy atom. The zero-order valence-corrected chi connectivity index (χ0v) is 16.6. The van der Waals surface area contributed by atoms with Gasteiger partial charge in [0.2, 0.25) is 0 Å². The van der Waals surface area contributed by atoms with Crippen LogP contribution < -0.4 is 0 Å². The number of nitrogens with zero attached hydrogens (tertiary/aromatic N) is 4. The van der Waals surface area contributed by atoms with E-state index in [4.69, 9.17) is 10.4 Å². The van der Waals surface area contributed by atoms with Crippen LogP contribution in [0.1, 0.15) is 21.5 Å². The molecule has 0 radical (unpaired) electrons. The van der Waals surface area contributed by atoms with Gasteiger partial charge in [0, 0.05) is 25.4 Å². The fourth-order valence-corrected chi connectivity index (χ4v) is 3.34. The minimum absolute atomic E-state index is 0.126. The summed E-state index contributed by atoms with van der Waals surface area (Å²) >= 11 is 0. The van der Waals surface area contributed by atoms with Crippen LogP contribution in [-0.2, 0) is 6.54 Å². The van der Waals surface area contributed by atoms with Crippen LogP contribution in [0.5, 0.6) is 0 Å². The standard InChI is InChI=1S/C25H20N4O/c1-28(17-20-10-8-9-19(15-20)16-26)25(30)23-18-29(22-13-6-3-7-14-22)27-24(23)21-11-4-2-5-12-21/h2-15,18H,17H2,1H3. The van der Waals surface area contributed by atoms with Gasteiger partial charge in [-0.25, -0.2) is 4.68 Å². The third-order valence-corrected chi connectivity index (χ3v) is 4.84. The Balaban J connectivity index is 1.70. The highest BCUT2D eigenvalue weighted by atomic mass is 16.2. The maximum Gasteiger partial charge on any atom is 0.257 e. The molecule has 30 heavy (non-hydrogen) atoms. The Bertz CT molecular complexity index is 1210. The van der Waals surface area contributed by atoms with Gasteiger partial charge in [-0.15, -0.1) is 0 Å². The van der Waals surface area contributed by atoms with E-state index >= 15 is 0 Å². The highest BCUT2D eigenvalue weighted by molar-refractivity contribution is 5.99. The summed E-state index contributed by atoms with van der Waals surface area (Å²) in [4.78, 5) is 15.0. The fraction of sp³-hybridized carbons (Fsp3) is 0.0800. The Kier molecular flexibility index (Phi) is 5.40. The summed E-state index contributed by atoms with van der Waals surface area (Å²) in [5.41, 5.74) is 4.43. The first kappa shape index (κ1) is 19.2. The van der Waals surface area contributed by atoms with Gasteiger partial charge < -0.3 is 4.90 Å². The first-order valence-electron chi connectivity index (χ1n) is 9.61. The number of nitriles is 1. The van der Waals surface area contributed by atoms with Crippen molar-refractivity contribution >= 4 is 5.91 Å². The lowest BCUT2D eigenvalue weighted by Crippen LogP contribution is -2.26. The number of carbonyl (C=O) groups is 1. The van der Waals surface area contributed by atoms with Crippen LogP contribution in [0.15, 0.2) is 91.1 Å². The molecule has 0 saturated carbocycles. The lowest BCUT2D eigenvalue weighted by molar-refractivity contribution is 0.0786. The van der Waals surface area contributed by atoms with E-state index in [1.165, 1.54) is 0 Å². The molecule has 1 aromatic heterocycles. The van der Waals surface area contributed by atoms with E-state index in [0.29, 0.717) is 23.4 Å². The summed E-state index contributed by atoms with van der Waals surface area (Å²) in [6.45, 7) is 0.402. The van der Waals surface area contributed by atoms with Crippen LogP contribution in [-0.4, -0.2) is 27.6 Å². The van der Waals surface area contributed by atoms with Crippen LogP contribution in [0.3, 0.4) is 0 Å². The van der Waals surface area contributed by atoms with Gasteiger partial charge in [-0.3, -0.25) is 4.79 Å². The van der Waals surface area contributed by atoms with E-state index in [2.05, 4.69) is 6.07 Å². The smallest absolute Gasteiger partial charge is 0.257 e. The molecule has 0 aliphatic carbocycles. The maximum absolute atomic E-state index is 13.3. The third kappa shape index (κ3) is 3.98. The number of para-hydroxylation sites is 1. The maximum atomic E-state index is 13.3. The molecular formula is C25H20N4O. The summed E-state index contributed by atoms with van der Waals surface area (Å²) in [7, 11) is 1.76. The van der Waals surface area contributed by atoms with Gasteiger partial charge in [-0.05, 0) is 29.8 Å². The first-order chi connectivity index (χ1) is 14.7. The molecule has 0 aliphatic heterocycles. The second-order valence-corrected chi connectivity index (χ2v) is 7.01. The molecule has 0 saturated heterocycles. The van der Waals surface area contributed by atoms with Crippen molar-refractivity contribution in [3.63, 3.8) is 0 Å². The Morgan fingerprint density at radius 3 is 2.40 bits per heavy atom. The molecule has 0 spiro atoms. The number of rotatable bonds is 5. The van der Waals surface area contributed by atoms with E-state index in [1.54, 1.807) is 35.0 Å². The van der Waals surface area contributed by atoms with Gasteiger partial charge in [-0.1, -0.05) is 60.7 Å². The third-order valence-electron chi connectivity index (χ3n) is 4.84. The molecular weight excluding hydrogens is 372 g/mol. The average molecular weight is 392 g/mol. The molecule has 3 aromatic carbocycles. The van der Waals surface area contributed by atoms with E-state index < -0.39 is 0 Å². The van der Waals surface area contributed by atoms with Crippen molar-refractivity contribution in [3.05, 3.63) is 108 Å². The van der Waals surface area contributed by atoms with Gasteiger partial charge >= 0.3 is 0 Å². The molecule has 4 rings (SSSR count). The van der Waals surface area contributed by atoms with E-state index in [0.717, 1.165) is 16.8 Å². The number of hydrogen-bond donors (Lipinski definition) is 0. The van der Waals surface area contributed by atoms with Crippen molar-refractivity contribution in [2.45, 2.75) is 6.54 Å². The number of amides is 1. The molecule has 0 aliphatic rings. The average Bonchev–Trinajstić information content (AvgIpc) is 3.25. The van der Waals surface area contributed by atoms with Crippen LogP contribution >= 0.6 is 0 Å². The number of aromatic nitrogens is 2. The molecule has 5 heteroatoms. The largest absolute Gasteiger partial charge is 0.337 e. The van der Waals surface area contributed by atoms with Crippen LogP contribution in [0, 0.1) is 11.3 Å². The molecule has 0 unspecified atom stereocenters. The number of carbonyl (C=O) groups excluding carboxylic acids is 1. The monoisotopic (exact) mass is 392 g/mol. The molecule has 0 N–H and O–H groups in total. The summed E-state index contributed by atoms with van der Waals surface area (Å²) in [6, 6.07) is 28.9. The van der Waals surface area contributed by atoms with Crippen molar-refractivity contribution in [1.82, 2.24) is 14.7 Å². The Hall–Kier alpha value is -4.17. The second kappa shape index (κ2) is 8.46. The second-order valence-electron chi connectivity index (χ2n) is 7.01. The molecule has 0 fully saturated rings. The minimum Gasteiger partial charge on any atom is -0.337 e. The quantitative estimate of drug-likeness (QED) is 0.495. The normalized spacial score (nSPS) is 10.4. The van der Waals surface area contributed by atoms with Crippen molar-refractivity contribution in [2.75, 3.05) is 7.05 Å². The highest BCUT2D eigenvalue weighted by Gasteiger charge is 2.21. The van der Waals surface area contributed by atoms with Crippen molar-refractivity contribution in [1.29, 1.82) is 5.26 Å². The lowest BCUT2D eigenvalue weighted by atomic mass is 10.1. The minimum atomic E-state index is -0.126. The predicted molar refractivity (Wildman–Crippen MR) is 116 cm³/mol. The number of hydrogen-bond acceptors (Lipinski definition) is 3. The topological polar surface area (TPSA) is 61.9 Å². The Labute approximate surface area is 175 Å². The van der Waals surface area contributed by atoms with Crippen molar-refractivity contribution in [3.8, 4) is 23.0 Å². The Morgan fingerprint density at radius 1 is 1.00 bits per heavy atom. The van der Waals surface area contributed by atoms with Crippen LogP contribution in [0.4, 0.5) is 0 Å². The van der Waals surface area contributed by atoms with Crippen molar-refractivity contribution in [2.24, 2.45) is 0 Å². The molecule has 0 bridgehead atoms. The zero-order valence-electron chi connectivity index (χ0n) is 16.6. The summed E-state index contributed by atoms with van der Waals surface area (Å²) < 4.78 is 1.74. The van der Waals surface area contributed by atoms with E-state index in [1.807, 2.05) is 72.8 Å². The summed E-state index contributed by atoms with van der Waals surface area (Å²) in [6.07, 6.45) is 1.78. The molecule has 0 atom stereocenters. The molecule has 4 aromatic rings. The van der Waals surface area contributed by atoms with Crippen LogP contribution in [0.2, 0.25) is 0 Å². The molecule has 1 amide bonds. The fourth-order valence-electron chi connectivity index (χ4n) is 3.34. The van der Waals surface area contributed by atoms with Gasteiger partial charge in [0.25, 0.3) is 5.91 Å². The SMILES string of the molecule is CN(Cc1cccc(C#N)c1)C(=O)c1cn(-c2ccccc2)nc1-c1ccccc1. The molecule has 5 nitrogen and oxygen atoms in total. The van der Waals surface area contributed by atoms with E-state index in [9.17, 15) is 4.79 Å². The molecule has 146 valence electrons.